The Hall–Kier alpha value is -2.31. The summed E-state index contributed by atoms with van der Waals surface area (Å²) in [5.74, 6) is -1.91. The number of carbonyl (C=O) groups is 2. The number of rotatable bonds is 4. The van der Waals surface area contributed by atoms with Crippen LogP contribution in [0.25, 0.3) is 0 Å². The summed E-state index contributed by atoms with van der Waals surface area (Å²) >= 11 is 0. The second-order valence-corrected chi connectivity index (χ2v) is 3.91. The molecule has 1 heterocycles. The van der Waals surface area contributed by atoms with E-state index in [4.69, 9.17) is 5.11 Å². The number of carbonyl (C=O) groups excluding carboxylic acids is 1. The largest absolute Gasteiger partial charge is 0.508 e. The number of nitrogens with zero attached hydrogens (tertiary/aromatic N) is 1. The third kappa shape index (κ3) is 3.34. The minimum atomic E-state index is -1.15. The maximum absolute atomic E-state index is 11.5. The van der Waals surface area contributed by atoms with Gasteiger partial charge in [0.05, 0.1) is 0 Å². The number of amides is 1. The zero-order chi connectivity index (χ0) is 13.9. The van der Waals surface area contributed by atoms with E-state index in [1.54, 1.807) is 6.92 Å². The molecule has 1 unspecified atom stereocenters. The van der Waals surface area contributed by atoms with E-state index in [1.807, 2.05) is 0 Å². The van der Waals surface area contributed by atoms with E-state index >= 15 is 0 Å². The minimum absolute atomic E-state index is 0.173. The first-order valence-corrected chi connectivity index (χ1v) is 5.24. The molecule has 98 valence electrons. The van der Waals surface area contributed by atoms with Crippen LogP contribution in [0.3, 0.4) is 0 Å². The smallest absolute Gasteiger partial charge is 0.325 e. The molecule has 0 aliphatic heterocycles. The number of aryl methyl sites for hydroxylation is 1. The van der Waals surface area contributed by atoms with Crippen LogP contribution in [-0.4, -0.2) is 32.7 Å². The first-order chi connectivity index (χ1) is 8.31. The van der Waals surface area contributed by atoms with Crippen molar-refractivity contribution in [2.75, 3.05) is 0 Å². The Morgan fingerprint density at radius 1 is 1.44 bits per heavy atom. The Bertz CT molecular complexity index is 535. The maximum atomic E-state index is 11.5. The number of hydrogen-bond acceptors (Lipinski definition) is 4. The van der Waals surface area contributed by atoms with Gasteiger partial charge in [0.2, 0.25) is 5.91 Å². The van der Waals surface area contributed by atoms with E-state index in [-0.39, 0.29) is 12.3 Å². The number of nitrogens with one attached hydrogen (secondary N) is 1. The van der Waals surface area contributed by atoms with Crippen molar-refractivity contribution in [3.05, 3.63) is 28.2 Å². The quantitative estimate of drug-likeness (QED) is 0.668. The summed E-state index contributed by atoms with van der Waals surface area (Å²) in [6.45, 7) is 2.60. The average Bonchev–Trinajstić information content (AvgIpc) is 2.23. The van der Waals surface area contributed by atoms with Crippen LogP contribution in [0.1, 0.15) is 12.6 Å². The van der Waals surface area contributed by atoms with Gasteiger partial charge in [-0.1, -0.05) is 0 Å². The number of carboxylic acid groups (broad SMARTS) is 1. The molecule has 0 aliphatic carbocycles. The van der Waals surface area contributed by atoms with Crippen LogP contribution in [0.5, 0.6) is 5.75 Å². The summed E-state index contributed by atoms with van der Waals surface area (Å²) in [5.41, 5.74) is -0.108. The van der Waals surface area contributed by atoms with Crippen molar-refractivity contribution in [2.24, 2.45) is 0 Å². The first-order valence-electron chi connectivity index (χ1n) is 5.24. The van der Waals surface area contributed by atoms with Crippen molar-refractivity contribution in [1.29, 1.82) is 0 Å². The third-order valence-corrected chi connectivity index (χ3v) is 2.37. The molecule has 0 fully saturated rings. The Labute approximate surface area is 103 Å². The molecule has 0 aromatic carbocycles. The van der Waals surface area contributed by atoms with Gasteiger partial charge in [0.1, 0.15) is 18.3 Å². The van der Waals surface area contributed by atoms with Gasteiger partial charge in [-0.3, -0.25) is 14.4 Å². The third-order valence-electron chi connectivity index (χ3n) is 2.37. The Morgan fingerprint density at radius 2 is 2.06 bits per heavy atom. The van der Waals surface area contributed by atoms with E-state index in [9.17, 15) is 19.5 Å². The van der Waals surface area contributed by atoms with Gasteiger partial charge in [0, 0.05) is 11.8 Å². The molecule has 1 amide bonds. The topological polar surface area (TPSA) is 109 Å². The monoisotopic (exact) mass is 254 g/mol. The minimum Gasteiger partial charge on any atom is -0.508 e. The lowest BCUT2D eigenvalue weighted by atomic mass is 10.3. The van der Waals surface area contributed by atoms with Gasteiger partial charge in [-0.15, -0.1) is 0 Å². The van der Waals surface area contributed by atoms with Crippen LogP contribution in [-0.2, 0) is 16.1 Å². The highest BCUT2D eigenvalue weighted by Crippen LogP contribution is 2.06. The normalized spacial score (nSPS) is 11.9. The molecular formula is C11H14N2O5. The molecular weight excluding hydrogens is 240 g/mol. The van der Waals surface area contributed by atoms with E-state index < -0.39 is 23.5 Å². The van der Waals surface area contributed by atoms with Gasteiger partial charge < -0.3 is 20.1 Å². The molecule has 7 heteroatoms. The molecule has 1 atom stereocenters. The fourth-order valence-electron chi connectivity index (χ4n) is 1.41. The molecule has 18 heavy (non-hydrogen) atoms. The summed E-state index contributed by atoms with van der Waals surface area (Å²) in [7, 11) is 0. The number of aliphatic carboxylic acids is 1. The molecule has 0 bridgehead atoms. The number of hydrogen-bond donors (Lipinski definition) is 3. The molecule has 1 aromatic heterocycles. The van der Waals surface area contributed by atoms with Crippen LogP contribution < -0.4 is 10.9 Å². The van der Waals surface area contributed by atoms with Crippen molar-refractivity contribution in [3.63, 3.8) is 0 Å². The molecule has 0 aliphatic rings. The van der Waals surface area contributed by atoms with Crippen LogP contribution >= 0.6 is 0 Å². The molecule has 0 radical (unpaired) electrons. The molecule has 7 nitrogen and oxygen atoms in total. The number of carboxylic acids is 1. The lowest BCUT2D eigenvalue weighted by Crippen LogP contribution is -2.41. The van der Waals surface area contributed by atoms with E-state index in [0.717, 1.165) is 10.6 Å². The Kier molecular flexibility index (Phi) is 4.09. The molecule has 0 spiro atoms. The van der Waals surface area contributed by atoms with Crippen molar-refractivity contribution < 1.29 is 19.8 Å². The van der Waals surface area contributed by atoms with Crippen molar-refractivity contribution in [2.45, 2.75) is 26.4 Å². The fraction of sp³-hybridized carbons (Fsp3) is 0.364. The highest BCUT2D eigenvalue weighted by Gasteiger charge is 2.15. The van der Waals surface area contributed by atoms with Gasteiger partial charge in [-0.25, -0.2) is 0 Å². The van der Waals surface area contributed by atoms with Gasteiger partial charge >= 0.3 is 5.97 Å². The molecule has 0 saturated carbocycles. The lowest BCUT2D eigenvalue weighted by molar-refractivity contribution is -0.141. The van der Waals surface area contributed by atoms with E-state index in [0.29, 0.717) is 5.69 Å². The Morgan fingerprint density at radius 3 is 2.56 bits per heavy atom. The molecule has 1 aromatic rings. The number of pyridine rings is 1. The van der Waals surface area contributed by atoms with E-state index in [1.165, 1.54) is 13.0 Å². The second kappa shape index (κ2) is 5.35. The summed E-state index contributed by atoms with van der Waals surface area (Å²) < 4.78 is 1.14. The highest BCUT2D eigenvalue weighted by atomic mass is 16.4. The molecule has 1 rings (SSSR count). The summed E-state index contributed by atoms with van der Waals surface area (Å²) in [6, 6.07) is 1.31. The predicted molar refractivity (Wildman–Crippen MR) is 62.3 cm³/mol. The van der Waals surface area contributed by atoms with Gasteiger partial charge in [-0.05, 0) is 19.9 Å². The summed E-state index contributed by atoms with van der Waals surface area (Å²) in [6.07, 6.45) is 0. The molecule has 0 saturated heterocycles. The van der Waals surface area contributed by atoms with Gasteiger partial charge in [0.15, 0.2) is 0 Å². The van der Waals surface area contributed by atoms with Gasteiger partial charge in [-0.2, -0.15) is 0 Å². The molecule has 3 N–H and O–H groups in total. The van der Waals surface area contributed by atoms with Crippen molar-refractivity contribution >= 4 is 11.9 Å². The zero-order valence-corrected chi connectivity index (χ0v) is 10.0. The first kappa shape index (κ1) is 13.8. The average molecular weight is 254 g/mol. The summed E-state index contributed by atoms with van der Waals surface area (Å²) in [5, 5.41) is 20.0. The predicted octanol–water partition coefficient (Wildman–Crippen LogP) is -0.548. The Balaban J connectivity index is 2.83. The van der Waals surface area contributed by atoms with Crippen LogP contribution in [0.4, 0.5) is 0 Å². The van der Waals surface area contributed by atoms with Crippen molar-refractivity contribution in [1.82, 2.24) is 9.88 Å². The standard InChI is InChI=1S/C11H14N2O5/c1-6-3-8(14)4-10(16)13(6)5-9(15)12-7(2)11(17)18/h3-4,7,14H,5H2,1-2H3,(H,12,15)(H,17,18). The zero-order valence-electron chi connectivity index (χ0n) is 10.0. The van der Waals surface area contributed by atoms with Crippen LogP contribution in [0, 0.1) is 6.92 Å². The van der Waals surface area contributed by atoms with Crippen LogP contribution in [0.15, 0.2) is 16.9 Å². The second-order valence-electron chi connectivity index (χ2n) is 3.91. The van der Waals surface area contributed by atoms with Crippen LogP contribution in [0.2, 0.25) is 0 Å². The maximum Gasteiger partial charge on any atom is 0.325 e. The summed E-state index contributed by atoms with van der Waals surface area (Å²) in [4.78, 5) is 33.6. The fourth-order valence-corrected chi connectivity index (χ4v) is 1.41. The van der Waals surface area contributed by atoms with E-state index in [2.05, 4.69) is 5.32 Å². The van der Waals surface area contributed by atoms with Crippen molar-refractivity contribution in [3.8, 4) is 5.75 Å². The number of aromatic hydroxyl groups is 1. The lowest BCUT2D eigenvalue weighted by Gasteiger charge is -2.12. The number of aromatic nitrogens is 1. The highest BCUT2D eigenvalue weighted by molar-refractivity contribution is 5.83. The SMILES string of the molecule is Cc1cc(O)cc(=O)n1CC(=O)NC(C)C(=O)O. The van der Waals surface area contributed by atoms with Gasteiger partial charge in [0.25, 0.3) is 5.56 Å².